The van der Waals surface area contributed by atoms with E-state index in [1.165, 1.54) is 0 Å². The Morgan fingerprint density at radius 3 is 2.95 bits per heavy atom. The molecule has 2 amide bonds. The summed E-state index contributed by atoms with van der Waals surface area (Å²) in [6, 6.07) is 6.68. The van der Waals surface area contributed by atoms with Crippen molar-refractivity contribution in [1.29, 1.82) is 0 Å². The van der Waals surface area contributed by atoms with E-state index in [2.05, 4.69) is 15.7 Å². The third kappa shape index (κ3) is 4.21. The summed E-state index contributed by atoms with van der Waals surface area (Å²) in [7, 11) is 1.59. The standard InChI is InChI=1S/C14H17ClN4O2/c1-10(9-21-2)17-14(20)18-11-4-5-13(12(15)8-11)19-7-3-6-16-19/h3-8,10H,9H2,1-2H3,(H2,17,18,20). The van der Waals surface area contributed by atoms with Gasteiger partial charge in [0.2, 0.25) is 0 Å². The monoisotopic (exact) mass is 308 g/mol. The number of nitrogens with zero attached hydrogens (tertiary/aromatic N) is 2. The number of ether oxygens (including phenoxy) is 1. The Balaban J connectivity index is 2.02. The zero-order valence-electron chi connectivity index (χ0n) is 11.8. The quantitative estimate of drug-likeness (QED) is 0.892. The highest BCUT2D eigenvalue weighted by molar-refractivity contribution is 6.32. The highest BCUT2D eigenvalue weighted by Gasteiger charge is 2.09. The van der Waals surface area contributed by atoms with Crippen LogP contribution in [0.1, 0.15) is 6.92 Å². The lowest BCUT2D eigenvalue weighted by Crippen LogP contribution is -2.38. The molecule has 0 saturated heterocycles. The molecule has 7 heteroatoms. The van der Waals surface area contributed by atoms with Crippen LogP contribution >= 0.6 is 11.6 Å². The summed E-state index contributed by atoms with van der Waals surface area (Å²) in [6.45, 7) is 2.31. The van der Waals surface area contributed by atoms with Gasteiger partial charge in [0.05, 0.1) is 23.4 Å². The van der Waals surface area contributed by atoms with Crippen LogP contribution in [-0.4, -0.2) is 35.6 Å². The molecule has 1 aromatic heterocycles. The number of anilines is 1. The average molecular weight is 309 g/mol. The van der Waals surface area contributed by atoms with Gasteiger partial charge in [0.15, 0.2) is 0 Å². The lowest BCUT2D eigenvalue weighted by atomic mass is 10.3. The van der Waals surface area contributed by atoms with Crippen LogP contribution in [0.4, 0.5) is 10.5 Å². The number of hydrogen-bond donors (Lipinski definition) is 2. The number of aromatic nitrogens is 2. The number of hydrogen-bond acceptors (Lipinski definition) is 3. The highest BCUT2D eigenvalue weighted by Crippen LogP contribution is 2.23. The Labute approximate surface area is 128 Å². The smallest absolute Gasteiger partial charge is 0.319 e. The van der Waals surface area contributed by atoms with Crippen LogP contribution in [-0.2, 0) is 4.74 Å². The molecule has 0 bridgehead atoms. The third-order valence-electron chi connectivity index (χ3n) is 2.75. The maximum Gasteiger partial charge on any atom is 0.319 e. The van der Waals surface area contributed by atoms with E-state index in [0.29, 0.717) is 17.3 Å². The second-order valence-electron chi connectivity index (χ2n) is 4.57. The fraction of sp³-hybridized carbons (Fsp3) is 0.286. The summed E-state index contributed by atoms with van der Waals surface area (Å²) in [6.07, 6.45) is 3.47. The van der Waals surface area contributed by atoms with Gasteiger partial charge in [-0.25, -0.2) is 9.48 Å². The fourth-order valence-electron chi connectivity index (χ4n) is 1.86. The maximum absolute atomic E-state index is 11.8. The fourth-order valence-corrected chi connectivity index (χ4v) is 2.13. The molecule has 2 N–H and O–H groups in total. The Morgan fingerprint density at radius 2 is 2.33 bits per heavy atom. The number of amides is 2. The number of benzene rings is 1. The first-order chi connectivity index (χ1) is 10.1. The average Bonchev–Trinajstić information content (AvgIpc) is 2.92. The van der Waals surface area contributed by atoms with Crippen molar-refractivity contribution in [2.24, 2.45) is 0 Å². The predicted molar refractivity (Wildman–Crippen MR) is 82.1 cm³/mol. The van der Waals surface area contributed by atoms with Crippen LogP contribution in [0, 0.1) is 0 Å². The van der Waals surface area contributed by atoms with E-state index in [0.717, 1.165) is 5.69 Å². The van der Waals surface area contributed by atoms with Gasteiger partial charge < -0.3 is 15.4 Å². The molecule has 1 aromatic carbocycles. The molecule has 2 rings (SSSR count). The number of methoxy groups -OCH3 is 1. The molecule has 0 aliphatic heterocycles. The summed E-state index contributed by atoms with van der Waals surface area (Å²) < 4.78 is 6.62. The second-order valence-corrected chi connectivity index (χ2v) is 4.98. The van der Waals surface area contributed by atoms with Crippen molar-refractivity contribution in [3.8, 4) is 5.69 Å². The van der Waals surface area contributed by atoms with Crippen LogP contribution in [0.15, 0.2) is 36.7 Å². The Bertz CT molecular complexity index is 601. The second kappa shape index (κ2) is 7.10. The van der Waals surface area contributed by atoms with Gasteiger partial charge >= 0.3 is 6.03 Å². The Morgan fingerprint density at radius 1 is 1.52 bits per heavy atom. The van der Waals surface area contributed by atoms with Crippen molar-refractivity contribution in [2.45, 2.75) is 13.0 Å². The van der Waals surface area contributed by atoms with Crippen LogP contribution in [0.25, 0.3) is 5.69 Å². The van der Waals surface area contributed by atoms with Gasteiger partial charge in [-0.15, -0.1) is 0 Å². The molecule has 1 atom stereocenters. The van der Waals surface area contributed by atoms with Crippen molar-refractivity contribution in [3.05, 3.63) is 41.7 Å². The lowest BCUT2D eigenvalue weighted by Gasteiger charge is -2.14. The number of urea groups is 1. The molecule has 1 unspecified atom stereocenters. The van der Waals surface area contributed by atoms with Gasteiger partial charge in [0, 0.05) is 25.2 Å². The minimum absolute atomic E-state index is 0.0752. The van der Waals surface area contributed by atoms with Crippen molar-refractivity contribution in [2.75, 3.05) is 19.0 Å². The van der Waals surface area contributed by atoms with Crippen molar-refractivity contribution in [1.82, 2.24) is 15.1 Å². The molecule has 2 aromatic rings. The molecule has 6 nitrogen and oxygen atoms in total. The van der Waals surface area contributed by atoms with Crippen molar-refractivity contribution in [3.63, 3.8) is 0 Å². The van der Waals surface area contributed by atoms with E-state index in [1.54, 1.807) is 42.4 Å². The summed E-state index contributed by atoms with van der Waals surface area (Å²) in [5.41, 5.74) is 1.36. The summed E-state index contributed by atoms with van der Waals surface area (Å²) in [4.78, 5) is 11.8. The van der Waals surface area contributed by atoms with Gasteiger partial charge in [-0.1, -0.05) is 11.6 Å². The van der Waals surface area contributed by atoms with Gasteiger partial charge in [-0.05, 0) is 31.2 Å². The SMILES string of the molecule is COCC(C)NC(=O)Nc1ccc(-n2cccn2)c(Cl)c1. The van der Waals surface area contributed by atoms with E-state index >= 15 is 0 Å². The number of halogens is 1. The maximum atomic E-state index is 11.8. The van der Waals surface area contributed by atoms with Crippen LogP contribution in [0.3, 0.4) is 0 Å². The highest BCUT2D eigenvalue weighted by atomic mass is 35.5. The van der Waals surface area contributed by atoms with E-state index in [-0.39, 0.29) is 12.1 Å². The first-order valence-electron chi connectivity index (χ1n) is 6.46. The van der Waals surface area contributed by atoms with Crippen molar-refractivity contribution < 1.29 is 9.53 Å². The molecule has 0 fully saturated rings. The molecule has 0 aliphatic rings. The topological polar surface area (TPSA) is 68.2 Å². The third-order valence-corrected chi connectivity index (χ3v) is 3.05. The van der Waals surface area contributed by atoms with Crippen LogP contribution < -0.4 is 10.6 Å². The summed E-state index contributed by atoms with van der Waals surface area (Å²) >= 11 is 6.21. The summed E-state index contributed by atoms with van der Waals surface area (Å²) in [5, 5.41) is 10.1. The predicted octanol–water partition coefficient (Wildman–Crippen LogP) is 2.68. The number of nitrogens with one attached hydrogen (secondary N) is 2. The van der Waals surface area contributed by atoms with Crippen LogP contribution in [0.5, 0.6) is 0 Å². The zero-order valence-corrected chi connectivity index (χ0v) is 12.6. The molecule has 0 spiro atoms. The minimum Gasteiger partial charge on any atom is -0.383 e. The van der Waals surface area contributed by atoms with Crippen molar-refractivity contribution >= 4 is 23.3 Å². The number of carbonyl (C=O) groups is 1. The zero-order chi connectivity index (χ0) is 15.2. The number of rotatable bonds is 5. The number of carbonyl (C=O) groups excluding carboxylic acids is 1. The molecular formula is C14H17ClN4O2. The largest absolute Gasteiger partial charge is 0.383 e. The molecule has 21 heavy (non-hydrogen) atoms. The van der Waals surface area contributed by atoms with Gasteiger partial charge in [-0.2, -0.15) is 5.10 Å². The molecule has 0 aliphatic carbocycles. The summed E-state index contributed by atoms with van der Waals surface area (Å²) in [5.74, 6) is 0. The molecule has 112 valence electrons. The lowest BCUT2D eigenvalue weighted by molar-refractivity contribution is 0.173. The first kappa shape index (κ1) is 15.3. The van der Waals surface area contributed by atoms with E-state index < -0.39 is 0 Å². The van der Waals surface area contributed by atoms with Crippen LogP contribution in [0.2, 0.25) is 5.02 Å². The Hall–Kier alpha value is -2.05. The molecule has 1 heterocycles. The van der Waals surface area contributed by atoms with E-state index in [9.17, 15) is 4.79 Å². The van der Waals surface area contributed by atoms with E-state index in [4.69, 9.17) is 16.3 Å². The molecule has 0 radical (unpaired) electrons. The van der Waals surface area contributed by atoms with E-state index in [1.807, 2.05) is 13.0 Å². The molecule has 0 saturated carbocycles. The van der Waals surface area contributed by atoms with Gasteiger partial charge in [0.1, 0.15) is 0 Å². The van der Waals surface area contributed by atoms with Gasteiger partial charge in [0.25, 0.3) is 0 Å². The molecular weight excluding hydrogens is 292 g/mol. The normalized spacial score (nSPS) is 12.0. The van der Waals surface area contributed by atoms with Gasteiger partial charge in [-0.3, -0.25) is 0 Å². The minimum atomic E-state index is -0.303. The Kier molecular flexibility index (Phi) is 5.19. The first-order valence-corrected chi connectivity index (χ1v) is 6.84.